The molecule has 15 heteroatoms. The third-order valence-corrected chi connectivity index (χ3v) is 11.5. The molecular weight excluding hydrogens is 720 g/mol. The molecule has 3 fully saturated rings. The first-order chi connectivity index (χ1) is 26.1. The van der Waals surface area contributed by atoms with Gasteiger partial charge in [-0.15, -0.1) is 0 Å². The lowest BCUT2D eigenvalue weighted by Crippen LogP contribution is -2.53. The largest absolute Gasteiger partial charge is 0.507 e. The summed E-state index contributed by atoms with van der Waals surface area (Å²) in [6, 6.07) is 5.42. The zero-order valence-electron chi connectivity index (χ0n) is 31.3. The Morgan fingerprint density at radius 2 is 1.67 bits per heavy atom. The first kappa shape index (κ1) is 39.4. The fourth-order valence-corrected chi connectivity index (χ4v) is 8.53. The number of hydrogen-bond donors (Lipinski definition) is 4. The van der Waals surface area contributed by atoms with Gasteiger partial charge in [0, 0.05) is 48.8 Å². The van der Waals surface area contributed by atoms with Gasteiger partial charge in [-0.25, -0.2) is 0 Å². The SMILES string of the molecule is CC[C@@]1(O)CC(OC2C[CH]C(OC3CC(O)C(OC4CCC(=O)C(C)O4)C(C)O3)C(C)O2)c2c(cc3c(c2O)C(=O)c2c(O)cccc2C3=O)[C@H]1C(=O)OC. The molecule has 3 aliphatic heterocycles. The number of aliphatic hydroxyl groups excluding tert-OH is 1. The van der Waals surface area contributed by atoms with Crippen LogP contribution in [0.2, 0.25) is 0 Å². The molecule has 12 atom stereocenters. The van der Waals surface area contributed by atoms with Crippen molar-refractivity contribution >= 4 is 23.3 Å². The third-order valence-electron chi connectivity index (χ3n) is 11.5. The van der Waals surface area contributed by atoms with E-state index in [9.17, 15) is 39.6 Å². The molecule has 3 heterocycles. The molecule has 0 amide bonds. The monoisotopic (exact) mass is 767 g/mol. The summed E-state index contributed by atoms with van der Waals surface area (Å²) in [4.78, 5) is 52.7. The number of aliphatic hydroxyl groups is 2. The number of carbonyl (C=O) groups is 4. The van der Waals surface area contributed by atoms with Crippen molar-refractivity contribution < 1.29 is 72.8 Å². The van der Waals surface area contributed by atoms with Crippen LogP contribution in [0.5, 0.6) is 11.5 Å². The van der Waals surface area contributed by atoms with Crippen molar-refractivity contribution in [3.8, 4) is 11.5 Å². The van der Waals surface area contributed by atoms with Crippen LogP contribution < -0.4 is 0 Å². The van der Waals surface area contributed by atoms with E-state index < -0.39 is 102 Å². The summed E-state index contributed by atoms with van der Waals surface area (Å²) in [5, 5.41) is 45.3. The average Bonchev–Trinajstić information content (AvgIpc) is 3.14. The highest BCUT2D eigenvalue weighted by Gasteiger charge is 2.53. The quantitative estimate of drug-likeness (QED) is 0.242. The number of phenols is 2. The summed E-state index contributed by atoms with van der Waals surface area (Å²) >= 11 is 0. The standard InChI is InChI=1S/C40H47O15/c1-6-40(48)16-27(32-21(34(40)39(47)49-5)14-22-33(37(32)46)36(45)31-20(35(22)44)8-7-9-24(31)42)54-28-13-11-26(18(3)51-28)53-30-15-25(43)38(19(4)52-30)55-29-12-10-23(41)17(2)50-29/h7-9,11,14,17-19,25-30,34,38,42-43,46,48H,6,10,12-13,15-16H2,1-5H3/t17?,18?,19?,25?,26?,27?,28?,29?,30?,34-,38?,40+/m0/s1. The highest BCUT2D eigenvalue weighted by Crippen LogP contribution is 2.54. The van der Waals surface area contributed by atoms with Gasteiger partial charge in [-0.05, 0) is 51.3 Å². The van der Waals surface area contributed by atoms with E-state index >= 15 is 0 Å². The van der Waals surface area contributed by atoms with Crippen molar-refractivity contribution in [3.63, 3.8) is 0 Å². The topological polar surface area (TPSA) is 214 Å². The number of rotatable bonds is 8. The number of methoxy groups -OCH3 is 1. The molecule has 10 unspecified atom stereocenters. The second kappa shape index (κ2) is 15.3. The highest BCUT2D eigenvalue weighted by molar-refractivity contribution is 6.30. The van der Waals surface area contributed by atoms with Crippen molar-refractivity contribution in [2.24, 2.45) is 0 Å². The molecule has 15 nitrogen and oxygen atoms in total. The summed E-state index contributed by atoms with van der Waals surface area (Å²) in [5.41, 5.74) is -2.48. The van der Waals surface area contributed by atoms with E-state index in [-0.39, 0.29) is 64.8 Å². The molecule has 297 valence electrons. The van der Waals surface area contributed by atoms with Crippen molar-refractivity contribution in [2.45, 2.75) is 139 Å². The van der Waals surface area contributed by atoms with Crippen LogP contribution in [0.3, 0.4) is 0 Å². The smallest absolute Gasteiger partial charge is 0.316 e. The lowest BCUT2D eigenvalue weighted by Gasteiger charge is -2.45. The Bertz CT molecular complexity index is 1850. The van der Waals surface area contributed by atoms with Crippen molar-refractivity contribution in [1.29, 1.82) is 0 Å². The van der Waals surface area contributed by atoms with Crippen molar-refractivity contribution in [3.05, 3.63) is 64.1 Å². The van der Waals surface area contributed by atoms with Gasteiger partial charge in [0.1, 0.15) is 29.6 Å². The normalized spacial score (nSPS) is 36.1. The van der Waals surface area contributed by atoms with Crippen LogP contribution in [0.15, 0.2) is 24.3 Å². The Morgan fingerprint density at radius 3 is 2.35 bits per heavy atom. The minimum atomic E-state index is -1.74. The van der Waals surface area contributed by atoms with E-state index in [4.69, 9.17) is 33.2 Å². The van der Waals surface area contributed by atoms with Gasteiger partial charge in [-0.3, -0.25) is 19.2 Å². The van der Waals surface area contributed by atoms with E-state index in [1.54, 1.807) is 27.7 Å². The summed E-state index contributed by atoms with van der Waals surface area (Å²) in [7, 11) is 1.17. The number of phenolic OH excluding ortho intramolecular Hbond substituents is 2. The average molecular weight is 768 g/mol. The van der Waals surface area contributed by atoms with Gasteiger partial charge in [0.05, 0.1) is 54.4 Å². The third kappa shape index (κ3) is 7.10. The van der Waals surface area contributed by atoms with Gasteiger partial charge in [-0.2, -0.15) is 0 Å². The summed E-state index contributed by atoms with van der Waals surface area (Å²) < 4.78 is 41.7. The number of carbonyl (C=O) groups excluding carboxylic acids is 4. The molecule has 3 saturated heterocycles. The molecule has 2 aromatic carbocycles. The molecule has 0 bridgehead atoms. The van der Waals surface area contributed by atoms with Gasteiger partial charge in [0.25, 0.3) is 0 Å². The van der Waals surface area contributed by atoms with Crippen LogP contribution in [0, 0.1) is 6.42 Å². The predicted molar refractivity (Wildman–Crippen MR) is 188 cm³/mol. The maximum atomic E-state index is 13.8. The number of hydrogen-bond acceptors (Lipinski definition) is 15. The summed E-state index contributed by atoms with van der Waals surface area (Å²) in [6.07, 6.45) is -4.70. The second-order valence-electron chi connectivity index (χ2n) is 15.0. The van der Waals surface area contributed by atoms with Crippen molar-refractivity contribution in [2.75, 3.05) is 7.11 Å². The van der Waals surface area contributed by atoms with Crippen LogP contribution in [-0.2, 0) is 42.7 Å². The molecule has 0 aromatic heterocycles. The molecular formula is C40H47O15. The molecule has 1 radical (unpaired) electrons. The number of aromatic hydroxyl groups is 2. The molecule has 4 N–H and O–H groups in total. The van der Waals surface area contributed by atoms with Crippen molar-refractivity contribution in [1.82, 2.24) is 0 Å². The molecule has 7 rings (SSSR count). The van der Waals surface area contributed by atoms with Gasteiger partial charge in [0.2, 0.25) is 5.78 Å². The molecule has 2 aliphatic carbocycles. The number of ether oxygens (including phenoxy) is 7. The Balaban J connectivity index is 1.08. The van der Waals surface area contributed by atoms with E-state index in [1.807, 2.05) is 6.42 Å². The van der Waals surface area contributed by atoms with Crippen LogP contribution in [0.4, 0.5) is 0 Å². The zero-order chi connectivity index (χ0) is 39.5. The van der Waals surface area contributed by atoms with E-state index in [2.05, 4.69) is 0 Å². The van der Waals surface area contributed by atoms with Crippen LogP contribution in [-0.4, -0.2) is 112 Å². The van der Waals surface area contributed by atoms with E-state index in [1.165, 1.54) is 31.4 Å². The Hall–Kier alpha value is -3.80. The summed E-state index contributed by atoms with van der Waals surface area (Å²) in [5.74, 6) is -4.58. The molecule has 5 aliphatic rings. The summed E-state index contributed by atoms with van der Waals surface area (Å²) in [6.45, 7) is 6.88. The maximum absolute atomic E-state index is 13.8. The number of esters is 1. The molecule has 2 aromatic rings. The minimum Gasteiger partial charge on any atom is -0.507 e. The van der Waals surface area contributed by atoms with Crippen LogP contribution in [0.25, 0.3) is 0 Å². The van der Waals surface area contributed by atoms with Gasteiger partial charge < -0.3 is 53.6 Å². The fourth-order valence-electron chi connectivity index (χ4n) is 8.53. The molecule has 0 saturated carbocycles. The van der Waals surface area contributed by atoms with Gasteiger partial charge in [0.15, 0.2) is 30.4 Å². The first-order valence-corrected chi connectivity index (χ1v) is 18.7. The second-order valence-corrected chi connectivity index (χ2v) is 15.0. The predicted octanol–water partition coefficient (Wildman–Crippen LogP) is 3.43. The minimum absolute atomic E-state index is 0.00647. The number of Topliss-reactive ketones (excluding diaryl/α,β-unsaturated/α-hetero) is 1. The number of ketones is 3. The molecule has 55 heavy (non-hydrogen) atoms. The van der Waals surface area contributed by atoms with Crippen LogP contribution in [0.1, 0.15) is 121 Å². The van der Waals surface area contributed by atoms with Gasteiger partial charge in [-0.1, -0.05) is 19.1 Å². The maximum Gasteiger partial charge on any atom is 0.316 e. The lowest BCUT2D eigenvalue weighted by molar-refractivity contribution is -0.311. The fraction of sp³-hybridized carbons (Fsp3) is 0.575. The first-order valence-electron chi connectivity index (χ1n) is 18.7. The number of benzene rings is 2. The highest BCUT2D eigenvalue weighted by atomic mass is 16.7. The van der Waals surface area contributed by atoms with E-state index in [0.717, 1.165) is 0 Å². The Kier molecular flexibility index (Phi) is 11.0. The Labute approximate surface area is 317 Å². The Morgan fingerprint density at radius 1 is 0.927 bits per heavy atom. The molecule has 0 spiro atoms. The van der Waals surface area contributed by atoms with Crippen LogP contribution >= 0.6 is 0 Å². The zero-order valence-corrected chi connectivity index (χ0v) is 31.3. The van der Waals surface area contributed by atoms with Gasteiger partial charge >= 0.3 is 5.97 Å². The van der Waals surface area contributed by atoms with E-state index in [0.29, 0.717) is 12.8 Å². The lowest BCUT2D eigenvalue weighted by atomic mass is 9.67. The number of fused-ring (bicyclic) bond motifs is 3.